The smallest absolute Gasteiger partial charge is 0.163 e. The normalized spacial score (nSPS) is 10.7. The summed E-state index contributed by atoms with van der Waals surface area (Å²) in [4.78, 5) is 0. The Kier molecular flexibility index (Phi) is 8.73. The van der Waals surface area contributed by atoms with Gasteiger partial charge < -0.3 is 19.5 Å². The molecule has 0 amide bonds. The second-order valence-corrected chi connectivity index (χ2v) is 8.03. The SMILES string of the molecule is CCOc1cc(CNCc2ccc(OC)cc2)c(Cl)cc1OCc1ccc(Cl)c(Cl)c1. The highest BCUT2D eigenvalue weighted by molar-refractivity contribution is 6.42. The molecule has 1 N–H and O–H groups in total. The highest BCUT2D eigenvalue weighted by Crippen LogP contribution is 2.34. The van der Waals surface area contributed by atoms with E-state index in [9.17, 15) is 0 Å². The summed E-state index contributed by atoms with van der Waals surface area (Å²) in [6.07, 6.45) is 0. The summed E-state index contributed by atoms with van der Waals surface area (Å²) < 4.78 is 16.9. The molecule has 31 heavy (non-hydrogen) atoms. The highest BCUT2D eigenvalue weighted by Gasteiger charge is 2.12. The van der Waals surface area contributed by atoms with E-state index in [-0.39, 0.29) is 0 Å². The van der Waals surface area contributed by atoms with Gasteiger partial charge in [0.1, 0.15) is 12.4 Å². The van der Waals surface area contributed by atoms with E-state index >= 15 is 0 Å². The molecule has 0 fully saturated rings. The number of methoxy groups -OCH3 is 1. The molecule has 0 spiro atoms. The van der Waals surface area contributed by atoms with Crippen molar-refractivity contribution in [3.8, 4) is 17.2 Å². The van der Waals surface area contributed by atoms with Gasteiger partial charge >= 0.3 is 0 Å². The lowest BCUT2D eigenvalue weighted by molar-refractivity contribution is 0.269. The number of hydrogen-bond acceptors (Lipinski definition) is 4. The number of halogens is 3. The molecule has 0 aliphatic rings. The van der Waals surface area contributed by atoms with E-state index < -0.39 is 0 Å². The average Bonchev–Trinajstić information content (AvgIpc) is 2.77. The third kappa shape index (κ3) is 6.68. The number of benzene rings is 3. The highest BCUT2D eigenvalue weighted by atomic mass is 35.5. The van der Waals surface area contributed by atoms with E-state index in [1.807, 2.05) is 43.3 Å². The first kappa shape index (κ1) is 23.6. The van der Waals surface area contributed by atoms with E-state index in [0.29, 0.717) is 52.9 Å². The molecule has 3 rings (SSSR count). The van der Waals surface area contributed by atoms with Gasteiger partial charge in [-0.2, -0.15) is 0 Å². The van der Waals surface area contributed by atoms with E-state index in [0.717, 1.165) is 22.4 Å². The van der Waals surface area contributed by atoms with E-state index in [4.69, 9.17) is 49.0 Å². The number of hydrogen-bond donors (Lipinski definition) is 1. The Balaban J connectivity index is 1.66. The fourth-order valence-corrected chi connectivity index (χ4v) is 3.51. The summed E-state index contributed by atoms with van der Waals surface area (Å²) in [6, 6.07) is 17.0. The van der Waals surface area contributed by atoms with Gasteiger partial charge in [-0.15, -0.1) is 0 Å². The average molecular weight is 481 g/mol. The summed E-state index contributed by atoms with van der Waals surface area (Å²) >= 11 is 18.6. The van der Waals surface area contributed by atoms with Crippen LogP contribution in [-0.4, -0.2) is 13.7 Å². The van der Waals surface area contributed by atoms with Gasteiger partial charge in [0.15, 0.2) is 11.5 Å². The van der Waals surface area contributed by atoms with Crippen LogP contribution in [0.2, 0.25) is 15.1 Å². The molecule has 4 nitrogen and oxygen atoms in total. The Hall–Kier alpha value is -2.11. The minimum atomic E-state index is 0.322. The fraction of sp³-hybridized carbons (Fsp3) is 0.250. The summed E-state index contributed by atoms with van der Waals surface area (Å²) in [5.41, 5.74) is 2.99. The van der Waals surface area contributed by atoms with Crippen molar-refractivity contribution in [1.29, 1.82) is 0 Å². The topological polar surface area (TPSA) is 39.7 Å². The van der Waals surface area contributed by atoms with Crippen LogP contribution in [0.4, 0.5) is 0 Å². The minimum Gasteiger partial charge on any atom is -0.497 e. The summed E-state index contributed by atoms with van der Waals surface area (Å²) in [5, 5.41) is 5.01. The molecule has 0 unspecified atom stereocenters. The third-order valence-corrected chi connectivity index (χ3v) is 5.69. The lowest BCUT2D eigenvalue weighted by atomic mass is 10.1. The molecule has 0 aromatic heterocycles. The predicted octanol–water partition coefficient (Wildman–Crippen LogP) is 6.92. The molecule has 3 aromatic carbocycles. The Morgan fingerprint density at radius 2 is 1.45 bits per heavy atom. The van der Waals surface area contributed by atoms with Crippen molar-refractivity contribution in [2.45, 2.75) is 26.6 Å². The molecule has 0 atom stereocenters. The van der Waals surface area contributed by atoms with Crippen molar-refractivity contribution in [3.05, 3.63) is 86.4 Å². The maximum absolute atomic E-state index is 6.52. The monoisotopic (exact) mass is 479 g/mol. The van der Waals surface area contributed by atoms with Gasteiger partial charge in [-0.1, -0.05) is 53.0 Å². The van der Waals surface area contributed by atoms with E-state index in [1.54, 1.807) is 25.3 Å². The summed E-state index contributed by atoms with van der Waals surface area (Å²) in [5.74, 6) is 2.06. The molecule has 0 heterocycles. The first-order valence-electron chi connectivity index (χ1n) is 9.85. The van der Waals surface area contributed by atoms with E-state index in [1.165, 1.54) is 0 Å². The first-order valence-corrected chi connectivity index (χ1v) is 11.0. The van der Waals surface area contributed by atoms with Crippen LogP contribution < -0.4 is 19.5 Å². The predicted molar refractivity (Wildman–Crippen MR) is 127 cm³/mol. The van der Waals surface area contributed by atoms with Gasteiger partial charge in [-0.05, 0) is 53.9 Å². The fourth-order valence-electron chi connectivity index (χ4n) is 2.97. The molecule has 0 aliphatic carbocycles. The number of ether oxygens (including phenoxy) is 3. The molecule has 0 bridgehead atoms. The van der Waals surface area contributed by atoms with Crippen LogP contribution in [0.25, 0.3) is 0 Å². The quantitative estimate of drug-likeness (QED) is 0.342. The van der Waals surface area contributed by atoms with Crippen LogP contribution >= 0.6 is 34.8 Å². The van der Waals surface area contributed by atoms with E-state index in [2.05, 4.69) is 5.32 Å². The molecule has 0 saturated carbocycles. The van der Waals surface area contributed by atoms with Gasteiger partial charge in [0, 0.05) is 24.2 Å². The lowest BCUT2D eigenvalue weighted by Crippen LogP contribution is -2.13. The largest absolute Gasteiger partial charge is 0.497 e. The second kappa shape index (κ2) is 11.5. The zero-order valence-electron chi connectivity index (χ0n) is 17.4. The number of nitrogens with one attached hydrogen (secondary N) is 1. The van der Waals surface area contributed by atoms with Crippen LogP contribution in [0.1, 0.15) is 23.6 Å². The van der Waals surface area contributed by atoms with Crippen molar-refractivity contribution >= 4 is 34.8 Å². The Morgan fingerprint density at radius 1 is 0.742 bits per heavy atom. The van der Waals surface area contributed by atoms with Gasteiger partial charge in [0.2, 0.25) is 0 Å². The van der Waals surface area contributed by atoms with Gasteiger partial charge in [0.25, 0.3) is 0 Å². The minimum absolute atomic E-state index is 0.322. The lowest BCUT2D eigenvalue weighted by Gasteiger charge is -2.16. The van der Waals surface area contributed by atoms with Gasteiger partial charge in [0.05, 0.1) is 23.8 Å². The Bertz CT molecular complexity index is 1010. The van der Waals surface area contributed by atoms with Crippen molar-refractivity contribution in [1.82, 2.24) is 5.32 Å². The standard InChI is InChI=1S/C24H24Cl3NO3/c1-3-30-23-11-18(14-28-13-16-4-7-19(29-2)8-5-16)21(26)12-24(23)31-15-17-6-9-20(25)22(27)10-17/h4-12,28H,3,13-15H2,1-2H3. The van der Waals surface area contributed by atoms with Gasteiger partial charge in [-0.3, -0.25) is 0 Å². The molecule has 0 saturated heterocycles. The molecular formula is C24H24Cl3NO3. The number of rotatable bonds is 10. The van der Waals surface area contributed by atoms with Crippen LogP contribution in [0, 0.1) is 0 Å². The maximum Gasteiger partial charge on any atom is 0.163 e. The molecular weight excluding hydrogens is 457 g/mol. The van der Waals surface area contributed by atoms with Gasteiger partial charge in [-0.25, -0.2) is 0 Å². The van der Waals surface area contributed by atoms with Crippen molar-refractivity contribution < 1.29 is 14.2 Å². The van der Waals surface area contributed by atoms with Crippen LogP contribution in [0.15, 0.2) is 54.6 Å². The van der Waals surface area contributed by atoms with Crippen molar-refractivity contribution in [2.75, 3.05) is 13.7 Å². The zero-order valence-corrected chi connectivity index (χ0v) is 19.7. The Morgan fingerprint density at radius 3 is 2.13 bits per heavy atom. The van der Waals surface area contributed by atoms with Crippen LogP contribution in [-0.2, 0) is 19.7 Å². The molecule has 7 heteroatoms. The first-order chi connectivity index (χ1) is 15.0. The molecule has 0 radical (unpaired) electrons. The summed E-state index contributed by atoms with van der Waals surface area (Å²) in [6.45, 7) is 4.07. The van der Waals surface area contributed by atoms with Crippen LogP contribution in [0.5, 0.6) is 17.2 Å². The molecule has 0 aliphatic heterocycles. The molecule has 3 aromatic rings. The Labute approximate surface area is 198 Å². The zero-order chi connectivity index (χ0) is 22.2. The van der Waals surface area contributed by atoms with Crippen molar-refractivity contribution in [3.63, 3.8) is 0 Å². The second-order valence-electron chi connectivity index (χ2n) is 6.81. The van der Waals surface area contributed by atoms with Crippen molar-refractivity contribution in [2.24, 2.45) is 0 Å². The third-order valence-electron chi connectivity index (χ3n) is 4.59. The van der Waals surface area contributed by atoms with Crippen LogP contribution in [0.3, 0.4) is 0 Å². The molecule has 164 valence electrons. The summed E-state index contributed by atoms with van der Waals surface area (Å²) in [7, 11) is 1.66. The maximum atomic E-state index is 6.52.